The van der Waals surface area contributed by atoms with Crippen LogP contribution >= 0.6 is 11.6 Å². The van der Waals surface area contributed by atoms with Gasteiger partial charge in [0.05, 0.1) is 25.0 Å². The zero-order valence-electron chi connectivity index (χ0n) is 18.6. The van der Waals surface area contributed by atoms with Crippen LogP contribution in [0, 0.1) is 5.82 Å². The lowest BCUT2D eigenvalue weighted by atomic mass is 9.95. The zero-order valence-corrected chi connectivity index (χ0v) is 19.4. The molecule has 2 amide bonds. The summed E-state index contributed by atoms with van der Waals surface area (Å²) in [7, 11) is 0. The Balaban J connectivity index is 1.28. The van der Waals surface area contributed by atoms with Crippen molar-refractivity contribution in [3.05, 3.63) is 64.6 Å². The molecule has 2 fully saturated rings. The minimum Gasteiger partial charge on any atom is -0.357 e. The van der Waals surface area contributed by atoms with Crippen molar-refractivity contribution in [1.82, 2.24) is 30.0 Å². The number of carbonyl (C=O) groups is 1. The second kappa shape index (κ2) is 8.54. The highest BCUT2D eigenvalue weighted by Crippen LogP contribution is 2.34. The number of amides is 2. The Morgan fingerprint density at radius 2 is 1.88 bits per heavy atom. The molecule has 1 aromatic carbocycles. The summed E-state index contributed by atoms with van der Waals surface area (Å²) >= 11 is 6.33. The van der Waals surface area contributed by atoms with E-state index in [2.05, 4.69) is 30.0 Å². The molecule has 10 heteroatoms. The lowest BCUT2D eigenvalue weighted by Gasteiger charge is -2.32. The van der Waals surface area contributed by atoms with E-state index < -0.39 is 0 Å². The molecule has 6 rings (SSSR count). The summed E-state index contributed by atoms with van der Waals surface area (Å²) < 4.78 is 15.4. The summed E-state index contributed by atoms with van der Waals surface area (Å²) in [6, 6.07) is 9.16. The van der Waals surface area contributed by atoms with E-state index in [-0.39, 0.29) is 23.8 Å². The maximum atomic E-state index is 13.2. The Morgan fingerprint density at radius 3 is 2.62 bits per heavy atom. The first-order valence-electron chi connectivity index (χ1n) is 11.7. The third-order valence-electron chi connectivity index (χ3n) is 6.82. The normalized spacial score (nSPS) is 18.3. The van der Waals surface area contributed by atoms with E-state index in [1.54, 1.807) is 11.0 Å². The van der Waals surface area contributed by atoms with Gasteiger partial charge in [-0.05, 0) is 61.6 Å². The van der Waals surface area contributed by atoms with Crippen LogP contribution in [0.15, 0.2) is 36.5 Å². The molecule has 0 atom stereocenters. The van der Waals surface area contributed by atoms with Crippen LogP contribution in [0.2, 0.25) is 5.02 Å². The van der Waals surface area contributed by atoms with E-state index in [0.29, 0.717) is 18.1 Å². The third-order valence-corrected chi connectivity index (χ3v) is 7.05. The van der Waals surface area contributed by atoms with Crippen molar-refractivity contribution in [2.75, 3.05) is 18.0 Å². The molecule has 1 saturated heterocycles. The van der Waals surface area contributed by atoms with E-state index in [1.807, 2.05) is 18.2 Å². The number of urea groups is 1. The van der Waals surface area contributed by atoms with Crippen LogP contribution < -0.4 is 10.2 Å². The maximum absolute atomic E-state index is 13.2. The number of benzene rings is 1. The number of fused-ring (bicyclic) bond motifs is 3. The molecule has 2 aromatic heterocycles. The van der Waals surface area contributed by atoms with Gasteiger partial charge in [0, 0.05) is 30.1 Å². The smallest absolute Gasteiger partial charge is 0.318 e. The average molecular weight is 482 g/mol. The minimum atomic E-state index is -0.330. The van der Waals surface area contributed by atoms with Gasteiger partial charge in [-0.2, -0.15) is 0 Å². The van der Waals surface area contributed by atoms with Gasteiger partial charge >= 0.3 is 6.03 Å². The van der Waals surface area contributed by atoms with Crippen LogP contribution in [0.5, 0.6) is 0 Å². The number of nitrogens with one attached hydrogen (secondary N) is 1. The number of aromatic nitrogens is 4. The van der Waals surface area contributed by atoms with Gasteiger partial charge in [-0.1, -0.05) is 11.6 Å². The highest BCUT2D eigenvalue weighted by molar-refractivity contribution is 6.30. The Labute approximate surface area is 201 Å². The summed E-state index contributed by atoms with van der Waals surface area (Å²) in [5.41, 5.74) is 1.95. The molecule has 176 valence electrons. The van der Waals surface area contributed by atoms with E-state index in [4.69, 9.17) is 11.6 Å². The maximum Gasteiger partial charge on any atom is 0.318 e. The van der Waals surface area contributed by atoms with Crippen molar-refractivity contribution < 1.29 is 9.18 Å². The molecule has 4 heterocycles. The fraction of sp³-hybridized carbons (Fsp3) is 0.417. The van der Waals surface area contributed by atoms with E-state index in [1.165, 1.54) is 12.3 Å². The number of hydrogen-bond donors (Lipinski definition) is 1. The second-order valence-corrected chi connectivity index (χ2v) is 9.70. The molecule has 3 aliphatic rings. The van der Waals surface area contributed by atoms with Crippen LogP contribution in [0.25, 0.3) is 5.69 Å². The first kappa shape index (κ1) is 21.3. The van der Waals surface area contributed by atoms with E-state index in [0.717, 1.165) is 67.5 Å². The Morgan fingerprint density at radius 1 is 1.06 bits per heavy atom. The standard InChI is InChI=1S/C24H25ClFN7O/c25-17-1-5-20-16(11-17)13-32(24(34)28-19-3-4-19)14-22-29-30-23(33(20)22)15-7-9-31(10-8-15)21-6-2-18(26)12-27-21/h1-2,5-6,11-12,15,19H,3-4,7-10,13-14H2,(H,28,34). The largest absolute Gasteiger partial charge is 0.357 e. The number of carbonyl (C=O) groups excluding carboxylic acids is 1. The first-order valence-corrected chi connectivity index (χ1v) is 12.1. The van der Waals surface area contributed by atoms with Gasteiger partial charge in [0.1, 0.15) is 17.5 Å². The van der Waals surface area contributed by atoms with Crippen LogP contribution in [0.4, 0.5) is 15.0 Å². The number of nitrogens with zero attached hydrogens (tertiary/aromatic N) is 6. The number of piperidine rings is 1. The molecular weight excluding hydrogens is 457 g/mol. The Kier molecular flexibility index (Phi) is 5.36. The van der Waals surface area contributed by atoms with Gasteiger partial charge in [-0.3, -0.25) is 4.57 Å². The molecule has 0 radical (unpaired) electrons. The summed E-state index contributed by atoms with van der Waals surface area (Å²) in [4.78, 5) is 21.1. The van der Waals surface area contributed by atoms with Crippen molar-refractivity contribution in [3.8, 4) is 5.69 Å². The molecular formula is C24H25ClFN7O. The van der Waals surface area contributed by atoms with Crippen LogP contribution in [-0.2, 0) is 13.1 Å². The van der Waals surface area contributed by atoms with Crippen LogP contribution in [0.3, 0.4) is 0 Å². The van der Waals surface area contributed by atoms with Crippen LogP contribution in [-0.4, -0.2) is 49.8 Å². The molecule has 2 aliphatic heterocycles. The topological polar surface area (TPSA) is 79.2 Å². The molecule has 0 bridgehead atoms. The summed E-state index contributed by atoms with van der Waals surface area (Å²) in [5, 5.41) is 12.8. The highest BCUT2D eigenvalue weighted by atomic mass is 35.5. The van der Waals surface area contributed by atoms with Gasteiger partial charge < -0.3 is 15.1 Å². The van der Waals surface area contributed by atoms with Gasteiger partial charge in [0.25, 0.3) is 0 Å². The molecule has 1 N–H and O–H groups in total. The SMILES string of the molecule is O=C(NC1CC1)N1Cc2cc(Cl)ccc2-n2c(nnc2C2CCN(c3ccc(F)cn3)CC2)C1. The minimum absolute atomic E-state index is 0.0773. The summed E-state index contributed by atoms with van der Waals surface area (Å²) in [6.07, 6.45) is 5.09. The van der Waals surface area contributed by atoms with Crippen molar-refractivity contribution in [3.63, 3.8) is 0 Å². The van der Waals surface area contributed by atoms with Crippen LogP contribution in [0.1, 0.15) is 48.8 Å². The Bertz CT molecular complexity index is 1220. The fourth-order valence-electron chi connectivity index (χ4n) is 4.85. The summed E-state index contributed by atoms with van der Waals surface area (Å²) in [5.74, 6) is 2.34. The number of anilines is 1. The van der Waals surface area contributed by atoms with Crippen molar-refractivity contribution in [1.29, 1.82) is 0 Å². The predicted molar refractivity (Wildman–Crippen MR) is 126 cm³/mol. The first-order chi connectivity index (χ1) is 16.5. The fourth-order valence-corrected chi connectivity index (χ4v) is 5.04. The van der Waals surface area contributed by atoms with Gasteiger partial charge in [0.2, 0.25) is 0 Å². The average Bonchev–Trinajstić information content (AvgIpc) is 3.59. The van der Waals surface area contributed by atoms with Crippen molar-refractivity contribution in [2.45, 2.75) is 50.7 Å². The van der Waals surface area contributed by atoms with Gasteiger partial charge in [0.15, 0.2) is 5.82 Å². The number of hydrogen-bond acceptors (Lipinski definition) is 5. The van der Waals surface area contributed by atoms with Gasteiger partial charge in [-0.25, -0.2) is 14.2 Å². The molecule has 34 heavy (non-hydrogen) atoms. The predicted octanol–water partition coefficient (Wildman–Crippen LogP) is 4.03. The van der Waals surface area contributed by atoms with E-state index in [9.17, 15) is 9.18 Å². The third kappa shape index (κ3) is 4.09. The highest BCUT2D eigenvalue weighted by Gasteiger charge is 2.33. The van der Waals surface area contributed by atoms with Gasteiger partial charge in [-0.15, -0.1) is 10.2 Å². The molecule has 3 aromatic rings. The molecule has 0 spiro atoms. The summed E-state index contributed by atoms with van der Waals surface area (Å²) in [6.45, 7) is 2.45. The van der Waals surface area contributed by atoms with E-state index >= 15 is 0 Å². The molecule has 1 saturated carbocycles. The number of rotatable bonds is 3. The quantitative estimate of drug-likeness (QED) is 0.611. The molecule has 0 unspecified atom stereocenters. The Hall–Kier alpha value is -3.20. The lowest BCUT2D eigenvalue weighted by molar-refractivity contribution is 0.191. The van der Waals surface area contributed by atoms with Crippen molar-refractivity contribution >= 4 is 23.4 Å². The monoisotopic (exact) mass is 481 g/mol. The second-order valence-electron chi connectivity index (χ2n) is 9.26. The number of halogens is 2. The lowest BCUT2D eigenvalue weighted by Crippen LogP contribution is -2.40. The number of pyridine rings is 1. The van der Waals surface area contributed by atoms with Crippen molar-refractivity contribution in [2.24, 2.45) is 0 Å². The zero-order chi connectivity index (χ0) is 23.2. The molecule has 1 aliphatic carbocycles. The molecule has 8 nitrogen and oxygen atoms in total.